The predicted molar refractivity (Wildman–Crippen MR) is 74.4 cm³/mol. The summed E-state index contributed by atoms with van der Waals surface area (Å²) in [5.74, 6) is 0.0386. The van der Waals surface area contributed by atoms with E-state index in [-0.39, 0.29) is 17.2 Å². The molecule has 1 saturated heterocycles. The van der Waals surface area contributed by atoms with Crippen molar-refractivity contribution in [3.63, 3.8) is 0 Å². The second-order valence-corrected chi connectivity index (χ2v) is 6.32. The van der Waals surface area contributed by atoms with Crippen molar-refractivity contribution in [1.29, 1.82) is 0 Å². The highest BCUT2D eigenvalue weighted by Crippen LogP contribution is 2.44. The van der Waals surface area contributed by atoms with Gasteiger partial charge in [-0.25, -0.2) is 0 Å². The van der Waals surface area contributed by atoms with Crippen LogP contribution in [0.3, 0.4) is 0 Å². The molecule has 3 rings (SSSR count). The Morgan fingerprint density at radius 3 is 2.65 bits per heavy atom. The van der Waals surface area contributed by atoms with Gasteiger partial charge in [0.15, 0.2) is 0 Å². The van der Waals surface area contributed by atoms with Crippen LogP contribution < -0.4 is 0 Å². The second-order valence-electron chi connectivity index (χ2n) is 5.46. The van der Waals surface area contributed by atoms with Gasteiger partial charge in [-0.2, -0.15) is 0 Å². The van der Waals surface area contributed by atoms with Gasteiger partial charge in [0, 0.05) is 11.6 Å². The first-order chi connectivity index (χ1) is 9.40. The molecule has 0 unspecified atom stereocenters. The molecule has 0 radical (unpaired) electrons. The largest absolute Gasteiger partial charge is 0.386 e. The number of carbonyl (C=O) groups excluding carboxylic acids is 1. The number of carbonyl (C=O) groups is 1. The molecule has 1 aromatic carbocycles. The first-order valence-electron chi connectivity index (χ1n) is 6.36. The quantitative estimate of drug-likeness (QED) is 0.673. The molecule has 106 valence electrons. The lowest BCUT2D eigenvalue weighted by molar-refractivity contribution is -0.385. The van der Waals surface area contributed by atoms with Crippen LogP contribution in [0.2, 0.25) is 0 Å². The molecule has 0 atom stereocenters. The highest BCUT2D eigenvalue weighted by Gasteiger charge is 2.53. The van der Waals surface area contributed by atoms with E-state index < -0.39 is 10.5 Å². The van der Waals surface area contributed by atoms with E-state index in [2.05, 4.69) is 15.9 Å². The predicted octanol–water partition coefficient (Wildman–Crippen LogP) is 1.95. The summed E-state index contributed by atoms with van der Waals surface area (Å²) in [6.07, 6.45) is 2.03. The standard InChI is InChI=1S/C13H13BrN2O4/c14-10-4-1-8(5-11(10)16(19)20)12(17)15-6-13(18,7-15)9-2-3-9/h1,4-5,9,18H,2-3,6-7H2. The Labute approximate surface area is 123 Å². The third-order valence-electron chi connectivity index (χ3n) is 3.94. The number of β-amino-alcohol motifs (C(OH)–C–C–N with tert-alkyl or cyclic N) is 1. The van der Waals surface area contributed by atoms with Crippen LogP contribution in [0.4, 0.5) is 5.69 Å². The fraction of sp³-hybridized carbons (Fsp3) is 0.462. The summed E-state index contributed by atoms with van der Waals surface area (Å²) < 4.78 is 0.345. The van der Waals surface area contributed by atoms with Gasteiger partial charge in [-0.1, -0.05) is 0 Å². The van der Waals surface area contributed by atoms with E-state index >= 15 is 0 Å². The van der Waals surface area contributed by atoms with Gasteiger partial charge in [0.1, 0.15) is 5.60 Å². The van der Waals surface area contributed by atoms with Crippen LogP contribution in [-0.2, 0) is 0 Å². The van der Waals surface area contributed by atoms with Gasteiger partial charge in [0.25, 0.3) is 11.6 Å². The van der Waals surface area contributed by atoms with Gasteiger partial charge >= 0.3 is 0 Å². The second kappa shape index (κ2) is 4.53. The summed E-state index contributed by atoms with van der Waals surface area (Å²) in [6, 6.07) is 4.31. The lowest BCUT2D eigenvalue weighted by Gasteiger charge is -2.47. The molecule has 1 amide bonds. The number of benzene rings is 1. The molecule has 0 aromatic heterocycles. The Bertz CT molecular complexity index is 594. The highest BCUT2D eigenvalue weighted by molar-refractivity contribution is 9.10. The maximum absolute atomic E-state index is 12.2. The Kier molecular flexibility index (Phi) is 3.06. The molecule has 1 aliphatic carbocycles. The SMILES string of the molecule is O=C(c1ccc(Br)c([N+](=O)[O-])c1)N1CC(O)(C2CC2)C1. The van der Waals surface area contributed by atoms with Crippen molar-refractivity contribution in [2.75, 3.05) is 13.1 Å². The first-order valence-corrected chi connectivity index (χ1v) is 7.15. The first kappa shape index (κ1) is 13.5. The summed E-state index contributed by atoms with van der Waals surface area (Å²) in [6.45, 7) is 0.640. The number of hydrogen-bond acceptors (Lipinski definition) is 4. The van der Waals surface area contributed by atoms with Crippen LogP contribution in [0.15, 0.2) is 22.7 Å². The van der Waals surface area contributed by atoms with Crippen LogP contribution in [0.1, 0.15) is 23.2 Å². The number of nitro groups is 1. The van der Waals surface area contributed by atoms with E-state index in [0.717, 1.165) is 12.8 Å². The Morgan fingerprint density at radius 1 is 1.45 bits per heavy atom. The molecule has 2 aliphatic rings. The van der Waals surface area contributed by atoms with Crippen molar-refractivity contribution in [2.45, 2.75) is 18.4 Å². The van der Waals surface area contributed by atoms with Gasteiger partial charge in [-0.15, -0.1) is 0 Å². The molecule has 2 fully saturated rings. The summed E-state index contributed by atoms with van der Waals surface area (Å²) in [7, 11) is 0. The van der Waals surface area contributed by atoms with E-state index in [4.69, 9.17) is 0 Å². The number of hydrogen-bond donors (Lipinski definition) is 1. The van der Waals surface area contributed by atoms with E-state index in [9.17, 15) is 20.0 Å². The fourth-order valence-electron chi connectivity index (χ4n) is 2.61. The average Bonchev–Trinajstić information content (AvgIpc) is 3.19. The van der Waals surface area contributed by atoms with Crippen LogP contribution in [0.5, 0.6) is 0 Å². The van der Waals surface area contributed by atoms with Crippen molar-refractivity contribution < 1.29 is 14.8 Å². The van der Waals surface area contributed by atoms with E-state index in [1.807, 2.05) is 0 Å². The molecule has 0 bridgehead atoms. The number of amides is 1. The van der Waals surface area contributed by atoms with Gasteiger partial charge in [0.2, 0.25) is 0 Å². The molecule has 1 aromatic rings. The van der Waals surface area contributed by atoms with Crippen molar-refractivity contribution in [3.05, 3.63) is 38.3 Å². The maximum atomic E-state index is 12.2. The van der Waals surface area contributed by atoms with Gasteiger partial charge in [-0.05, 0) is 46.8 Å². The van der Waals surface area contributed by atoms with Crippen LogP contribution in [0, 0.1) is 16.0 Å². The molecular formula is C13H13BrN2O4. The molecule has 1 heterocycles. The minimum atomic E-state index is -0.739. The molecule has 20 heavy (non-hydrogen) atoms. The zero-order chi connectivity index (χ0) is 14.5. The molecule has 6 nitrogen and oxygen atoms in total. The summed E-state index contributed by atoms with van der Waals surface area (Å²) in [4.78, 5) is 24.1. The normalized spacial score (nSPS) is 20.4. The average molecular weight is 341 g/mol. The lowest BCUT2D eigenvalue weighted by atomic mass is 9.88. The Hall–Kier alpha value is -1.47. The summed E-state index contributed by atoms with van der Waals surface area (Å²) in [5, 5.41) is 21.1. The summed E-state index contributed by atoms with van der Waals surface area (Å²) in [5.41, 5.74) is -0.594. The lowest BCUT2D eigenvalue weighted by Crippen LogP contribution is -2.64. The van der Waals surface area contributed by atoms with Crippen LogP contribution in [-0.4, -0.2) is 39.5 Å². The minimum absolute atomic E-state index is 0.131. The van der Waals surface area contributed by atoms with Crippen LogP contribution in [0.25, 0.3) is 0 Å². The van der Waals surface area contributed by atoms with Crippen molar-refractivity contribution in [2.24, 2.45) is 5.92 Å². The fourth-order valence-corrected chi connectivity index (χ4v) is 3.00. The Balaban J connectivity index is 1.75. The molecule has 1 aliphatic heterocycles. The number of nitrogens with zero attached hydrogens (tertiary/aromatic N) is 2. The highest BCUT2D eigenvalue weighted by atomic mass is 79.9. The van der Waals surface area contributed by atoms with E-state index in [1.165, 1.54) is 17.0 Å². The van der Waals surface area contributed by atoms with Gasteiger partial charge < -0.3 is 10.0 Å². The topological polar surface area (TPSA) is 83.7 Å². The number of nitro benzene ring substituents is 1. The van der Waals surface area contributed by atoms with Crippen molar-refractivity contribution in [1.82, 2.24) is 4.90 Å². The van der Waals surface area contributed by atoms with Gasteiger partial charge in [0.05, 0.1) is 22.5 Å². The molecule has 0 spiro atoms. The number of likely N-dealkylation sites (tertiary alicyclic amines) is 1. The molecular weight excluding hydrogens is 328 g/mol. The molecule has 1 N–H and O–H groups in total. The zero-order valence-corrected chi connectivity index (χ0v) is 12.2. The Morgan fingerprint density at radius 2 is 2.10 bits per heavy atom. The number of halogens is 1. The van der Waals surface area contributed by atoms with Crippen molar-refractivity contribution >= 4 is 27.5 Å². The zero-order valence-electron chi connectivity index (χ0n) is 10.6. The van der Waals surface area contributed by atoms with Gasteiger partial charge in [-0.3, -0.25) is 14.9 Å². The third kappa shape index (κ3) is 2.20. The minimum Gasteiger partial charge on any atom is -0.386 e. The monoisotopic (exact) mass is 340 g/mol. The van der Waals surface area contributed by atoms with Crippen molar-refractivity contribution in [3.8, 4) is 0 Å². The van der Waals surface area contributed by atoms with Crippen LogP contribution >= 0.6 is 15.9 Å². The number of aliphatic hydroxyl groups is 1. The molecule has 7 heteroatoms. The maximum Gasteiger partial charge on any atom is 0.284 e. The van der Waals surface area contributed by atoms with E-state index in [1.54, 1.807) is 6.07 Å². The number of rotatable bonds is 3. The summed E-state index contributed by atoms with van der Waals surface area (Å²) >= 11 is 3.09. The third-order valence-corrected chi connectivity index (χ3v) is 4.61. The van der Waals surface area contributed by atoms with E-state index in [0.29, 0.717) is 23.5 Å². The molecule has 1 saturated carbocycles. The smallest absolute Gasteiger partial charge is 0.284 e.